The van der Waals surface area contributed by atoms with Crippen molar-refractivity contribution >= 4 is 34.8 Å². The number of amides is 3. The third kappa shape index (κ3) is 5.29. The number of anilines is 3. The van der Waals surface area contributed by atoms with E-state index >= 15 is 0 Å². The molecule has 2 N–H and O–H groups in total. The van der Waals surface area contributed by atoms with Gasteiger partial charge in [-0.2, -0.15) is 0 Å². The van der Waals surface area contributed by atoms with Crippen LogP contribution in [0.2, 0.25) is 0 Å². The van der Waals surface area contributed by atoms with Crippen LogP contribution >= 0.6 is 0 Å². The van der Waals surface area contributed by atoms with Crippen molar-refractivity contribution in [2.24, 2.45) is 0 Å². The van der Waals surface area contributed by atoms with Crippen molar-refractivity contribution in [2.75, 3.05) is 17.2 Å². The molecule has 0 aliphatic carbocycles. The van der Waals surface area contributed by atoms with E-state index in [1.165, 1.54) is 10.5 Å². The highest BCUT2D eigenvalue weighted by Crippen LogP contribution is 2.26. The summed E-state index contributed by atoms with van der Waals surface area (Å²) in [7, 11) is 0. The summed E-state index contributed by atoms with van der Waals surface area (Å²) < 4.78 is 0. The van der Waals surface area contributed by atoms with E-state index < -0.39 is 0 Å². The first-order valence-electron chi connectivity index (χ1n) is 11.2. The Hall–Kier alpha value is -3.93. The zero-order valence-electron chi connectivity index (χ0n) is 18.6. The molecule has 0 atom stereocenters. The highest BCUT2D eigenvalue weighted by Gasteiger charge is 2.34. The van der Waals surface area contributed by atoms with Crippen molar-refractivity contribution in [1.29, 1.82) is 0 Å². The Morgan fingerprint density at radius 2 is 1.36 bits per heavy atom. The zero-order chi connectivity index (χ0) is 23.2. The molecule has 1 aliphatic heterocycles. The maximum absolute atomic E-state index is 12.5. The Kier molecular flexibility index (Phi) is 6.83. The summed E-state index contributed by atoms with van der Waals surface area (Å²) in [4.78, 5) is 38.6. The molecule has 0 saturated heterocycles. The van der Waals surface area contributed by atoms with Gasteiger partial charge in [-0.1, -0.05) is 48.4 Å². The summed E-state index contributed by atoms with van der Waals surface area (Å²) in [5, 5.41) is 6.32. The molecule has 1 aliphatic rings. The molecule has 3 amide bonds. The monoisotopic (exact) mass is 441 g/mol. The normalized spacial score (nSPS) is 12.6. The number of imide groups is 1. The Labute approximate surface area is 193 Å². The summed E-state index contributed by atoms with van der Waals surface area (Å²) in [5.41, 5.74) is 4.65. The van der Waals surface area contributed by atoms with Crippen LogP contribution < -0.4 is 10.6 Å². The fourth-order valence-electron chi connectivity index (χ4n) is 3.88. The van der Waals surface area contributed by atoms with E-state index in [1.807, 2.05) is 55.5 Å². The summed E-state index contributed by atoms with van der Waals surface area (Å²) in [6.45, 7) is 2.41. The maximum Gasteiger partial charge on any atom is 0.261 e. The molecule has 0 radical (unpaired) electrons. The van der Waals surface area contributed by atoms with Crippen molar-refractivity contribution in [1.82, 2.24) is 4.90 Å². The highest BCUT2D eigenvalue weighted by molar-refractivity contribution is 6.21. The largest absolute Gasteiger partial charge is 0.354 e. The first-order chi connectivity index (χ1) is 16.0. The second-order valence-electron chi connectivity index (χ2n) is 8.20. The number of para-hydroxylation sites is 2. The number of aryl methyl sites for hydroxylation is 1. The summed E-state index contributed by atoms with van der Waals surface area (Å²) in [5.74, 6) is -0.522. The second-order valence-corrected chi connectivity index (χ2v) is 8.20. The van der Waals surface area contributed by atoms with E-state index in [2.05, 4.69) is 10.6 Å². The van der Waals surface area contributed by atoms with Crippen molar-refractivity contribution in [3.8, 4) is 0 Å². The second kappa shape index (κ2) is 10.1. The van der Waals surface area contributed by atoms with Gasteiger partial charge in [0.15, 0.2) is 0 Å². The average Bonchev–Trinajstić information content (AvgIpc) is 3.06. The van der Waals surface area contributed by atoms with Gasteiger partial charge in [-0.15, -0.1) is 0 Å². The van der Waals surface area contributed by atoms with Crippen LogP contribution in [0.5, 0.6) is 0 Å². The molecule has 3 aromatic carbocycles. The first kappa shape index (κ1) is 22.3. The van der Waals surface area contributed by atoms with Crippen LogP contribution in [0.4, 0.5) is 17.1 Å². The Balaban J connectivity index is 1.23. The topological polar surface area (TPSA) is 78.5 Å². The molecule has 33 heavy (non-hydrogen) atoms. The number of rotatable bonds is 9. The minimum Gasteiger partial charge on any atom is -0.354 e. The number of hydrogen-bond donors (Lipinski definition) is 2. The SMILES string of the molecule is Cc1ccc(Nc2ccccc2NC(=O)CCCCCN2C(=O)c3ccccc3C2=O)cc1. The van der Waals surface area contributed by atoms with Crippen molar-refractivity contribution < 1.29 is 14.4 Å². The van der Waals surface area contributed by atoms with Crippen LogP contribution in [-0.4, -0.2) is 29.2 Å². The first-order valence-corrected chi connectivity index (χ1v) is 11.2. The molecular weight excluding hydrogens is 414 g/mol. The Morgan fingerprint density at radius 3 is 2.03 bits per heavy atom. The molecule has 6 heteroatoms. The van der Waals surface area contributed by atoms with Gasteiger partial charge in [0.25, 0.3) is 11.8 Å². The van der Waals surface area contributed by atoms with Gasteiger partial charge in [0.1, 0.15) is 0 Å². The van der Waals surface area contributed by atoms with Gasteiger partial charge in [-0.3, -0.25) is 19.3 Å². The number of carbonyl (C=O) groups is 3. The third-order valence-electron chi connectivity index (χ3n) is 5.70. The molecule has 0 bridgehead atoms. The molecule has 4 rings (SSSR count). The number of unbranched alkanes of at least 4 members (excludes halogenated alkanes) is 2. The number of benzene rings is 3. The molecular formula is C27H27N3O3. The van der Waals surface area contributed by atoms with E-state index in [1.54, 1.807) is 24.3 Å². The Morgan fingerprint density at radius 1 is 0.758 bits per heavy atom. The molecule has 6 nitrogen and oxygen atoms in total. The molecule has 0 saturated carbocycles. The molecule has 3 aromatic rings. The van der Waals surface area contributed by atoms with E-state index in [4.69, 9.17) is 0 Å². The van der Waals surface area contributed by atoms with Gasteiger partial charge < -0.3 is 10.6 Å². The summed E-state index contributed by atoms with van der Waals surface area (Å²) in [6, 6.07) is 22.6. The lowest BCUT2D eigenvalue weighted by atomic mass is 10.1. The number of hydrogen-bond acceptors (Lipinski definition) is 4. The number of fused-ring (bicyclic) bond motifs is 1. The van der Waals surface area contributed by atoms with E-state index in [0.717, 1.165) is 23.5 Å². The van der Waals surface area contributed by atoms with Crippen molar-refractivity contribution in [3.05, 3.63) is 89.5 Å². The summed E-state index contributed by atoms with van der Waals surface area (Å²) in [6.07, 6.45) is 2.48. The molecule has 0 aromatic heterocycles. The minimum atomic E-state index is -0.231. The fourth-order valence-corrected chi connectivity index (χ4v) is 3.88. The van der Waals surface area contributed by atoms with Crippen LogP contribution in [0.25, 0.3) is 0 Å². The average molecular weight is 442 g/mol. The molecule has 168 valence electrons. The molecule has 0 fully saturated rings. The number of nitrogens with one attached hydrogen (secondary N) is 2. The van der Waals surface area contributed by atoms with Crippen molar-refractivity contribution in [2.45, 2.75) is 32.6 Å². The quantitative estimate of drug-likeness (QED) is 0.338. The summed E-state index contributed by atoms with van der Waals surface area (Å²) >= 11 is 0. The van der Waals surface area contributed by atoms with Crippen molar-refractivity contribution in [3.63, 3.8) is 0 Å². The van der Waals surface area contributed by atoms with Crippen LogP contribution in [-0.2, 0) is 4.79 Å². The van der Waals surface area contributed by atoms with E-state index in [-0.39, 0.29) is 17.7 Å². The standard InChI is InChI=1S/C27H27N3O3/c1-19-14-16-20(17-15-19)28-23-11-6-7-12-24(23)29-25(31)13-3-2-8-18-30-26(32)21-9-4-5-10-22(21)27(30)33/h4-7,9-12,14-17,28H,2-3,8,13,18H2,1H3,(H,29,31). The van der Waals surface area contributed by atoms with E-state index in [0.29, 0.717) is 36.9 Å². The number of carbonyl (C=O) groups excluding carboxylic acids is 3. The van der Waals surface area contributed by atoms with Gasteiger partial charge in [0.2, 0.25) is 5.91 Å². The van der Waals surface area contributed by atoms with Crippen LogP contribution in [0.1, 0.15) is 52.0 Å². The molecule has 0 unspecified atom stereocenters. The van der Waals surface area contributed by atoms with Gasteiger partial charge in [0.05, 0.1) is 22.5 Å². The lowest BCUT2D eigenvalue weighted by Gasteiger charge is -2.14. The van der Waals surface area contributed by atoms with Gasteiger partial charge in [-0.25, -0.2) is 0 Å². The molecule has 0 spiro atoms. The zero-order valence-corrected chi connectivity index (χ0v) is 18.6. The highest BCUT2D eigenvalue weighted by atomic mass is 16.2. The lowest BCUT2D eigenvalue weighted by Crippen LogP contribution is -2.30. The van der Waals surface area contributed by atoms with Gasteiger partial charge >= 0.3 is 0 Å². The van der Waals surface area contributed by atoms with Gasteiger partial charge in [-0.05, 0) is 56.2 Å². The van der Waals surface area contributed by atoms with Crippen LogP contribution in [0, 0.1) is 6.92 Å². The maximum atomic E-state index is 12.5. The predicted molar refractivity (Wildman–Crippen MR) is 130 cm³/mol. The fraction of sp³-hybridized carbons (Fsp3) is 0.222. The van der Waals surface area contributed by atoms with Crippen LogP contribution in [0.3, 0.4) is 0 Å². The predicted octanol–water partition coefficient (Wildman–Crippen LogP) is 5.53. The smallest absolute Gasteiger partial charge is 0.261 e. The van der Waals surface area contributed by atoms with Crippen LogP contribution in [0.15, 0.2) is 72.8 Å². The third-order valence-corrected chi connectivity index (χ3v) is 5.70. The lowest BCUT2D eigenvalue weighted by molar-refractivity contribution is -0.116. The van der Waals surface area contributed by atoms with Gasteiger partial charge in [0, 0.05) is 18.7 Å². The van der Waals surface area contributed by atoms with E-state index in [9.17, 15) is 14.4 Å². The minimum absolute atomic E-state index is 0.0612. The number of nitrogens with zero attached hydrogens (tertiary/aromatic N) is 1. The Bertz CT molecular complexity index is 1140. The molecule has 1 heterocycles.